The SMILES string of the molecule is N#CCC(=O)Nc1cc(F)c(F)c(C(=O)O)c1F. The highest BCUT2D eigenvalue weighted by Crippen LogP contribution is 2.24. The van der Waals surface area contributed by atoms with Crippen LogP contribution in [-0.4, -0.2) is 17.0 Å². The molecule has 0 aliphatic carbocycles. The van der Waals surface area contributed by atoms with Gasteiger partial charge in [-0.25, -0.2) is 18.0 Å². The maximum Gasteiger partial charge on any atom is 0.341 e. The van der Waals surface area contributed by atoms with Gasteiger partial charge >= 0.3 is 5.97 Å². The maximum atomic E-state index is 13.5. The minimum Gasteiger partial charge on any atom is -0.477 e. The summed E-state index contributed by atoms with van der Waals surface area (Å²) in [6.45, 7) is 0. The number of nitrogens with one attached hydrogen (secondary N) is 1. The molecule has 1 aromatic carbocycles. The van der Waals surface area contributed by atoms with Gasteiger partial charge in [-0.1, -0.05) is 0 Å². The van der Waals surface area contributed by atoms with E-state index in [0.29, 0.717) is 6.07 Å². The second-order valence-electron chi connectivity index (χ2n) is 3.10. The van der Waals surface area contributed by atoms with Crippen molar-refractivity contribution >= 4 is 17.6 Å². The maximum absolute atomic E-state index is 13.5. The van der Waals surface area contributed by atoms with Gasteiger partial charge < -0.3 is 10.4 Å². The summed E-state index contributed by atoms with van der Waals surface area (Å²) in [5, 5.41) is 18.5. The summed E-state index contributed by atoms with van der Waals surface area (Å²) in [6.07, 6.45) is -0.638. The Labute approximate surface area is 98.4 Å². The number of hydrogen-bond donors (Lipinski definition) is 2. The summed E-state index contributed by atoms with van der Waals surface area (Å²) in [5.41, 5.74) is -2.35. The lowest BCUT2D eigenvalue weighted by molar-refractivity contribution is -0.115. The third-order valence-electron chi connectivity index (χ3n) is 1.88. The van der Waals surface area contributed by atoms with Gasteiger partial charge in [0.05, 0.1) is 11.8 Å². The number of benzene rings is 1. The summed E-state index contributed by atoms with van der Waals surface area (Å²) in [6, 6.07) is 1.75. The number of aromatic carboxylic acids is 1. The van der Waals surface area contributed by atoms with Crippen molar-refractivity contribution in [3.05, 3.63) is 29.1 Å². The van der Waals surface area contributed by atoms with Crippen molar-refractivity contribution in [2.75, 3.05) is 5.32 Å². The van der Waals surface area contributed by atoms with Gasteiger partial charge in [-0.2, -0.15) is 5.26 Å². The molecular formula is C10H5F3N2O3. The van der Waals surface area contributed by atoms with Crippen LogP contribution in [0.1, 0.15) is 16.8 Å². The standard InChI is InChI=1S/C10H5F3N2O3/c11-4-3-5(15-6(16)1-2-14)9(13)7(8(4)12)10(17)18/h3H,1H2,(H,15,16)(H,17,18). The summed E-state index contributed by atoms with van der Waals surface area (Å²) in [7, 11) is 0. The Kier molecular flexibility index (Phi) is 3.89. The molecule has 1 amide bonds. The van der Waals surface area contributed by atoms with Gasteiger partial charge in [0.25, 0.3) is 0 Å². The summed E-state index contributed by atoms with van der Waals surface area (Å²) in [4.78, 5) is 21.5. The molecule has 2 N–H and O–H groups in total. The van der Waals surface area contributed by atoms with E-state index in [-0.39, 0.29) is 0 Å². The van der Waals surface area contributed by atoms with Crippen molar-refractivity contribution in [2.45, 2.75) is 6.42 Å². The van der Waals surface area contributed by atoms with E-state index in [1.54, 1.807) is 5.32 Å². The highest BCUT2D eigenvalue weighted by atomic mass is 19.2. The van der Waals surface area contributed by atoms with E-state index < -0.39 is 47.0 Å². The number of carbonyl (C=O) groups is 2. The molecule has 0 unspecified atom stereocenters. The van der Waals surface area contributed by atoms with E-state index >= 15 is 0 Å². The molecule has 94 valence electrons. The van der Waals surface area contributed by atoms with Gasteiger partial charge in [0.2, 0.25) is 5.91 Å². The first-order chi connectivity index (χ1) is 8.38. The average molecular weight is 258 g/mol. The highest BCUT2D eigenvalue weighted by Gasteiger charge is 2.24. The van der Waals surface area contributed by atoms with Gasteiger partial charge in [0, 0.05) is 6.07 Å². The lowest BCUT2D eigenvalue weighted by atomic mass is 10.1. The molecule has 0 fully saturated rings. The Balaban J connectivity index is 3.27. The molecular weight excluding hydrogens is 253 g/mol. The van der Waals surface area contributed by atoms with Crippen molar-refractivity contribution in [1.29, 1.82) is 5.26 Å². The Bertz CT molecular complexity index is 566. The first kappa shape index (κ1) is 13.5. The molecule has 0 atom stereocenters. The van der Waals surface area contributed by atoms with E-state index in [0.717, 1.165) is 0 Å². The predicted molar refractivity (Wildman–Crippen MR) is 52.1 cm³/mol. The van der Waals surface area contributed by atoms with Crippen LogP contribution in [0.25, 0.3) is 0 Å². The second-order valence-corrected chi connectivity index (χ2v) is 3.10. The van der Waals surface area contributed by atoms with E-state index in [1.165, 1.54) is 6.07 Å². The molecule has 0 saturated carbocycles. The van der Waals surface area contributed by atoms with Gasteiger partial charge in [0.1, 0.15) is 12.0 Å². The number of carboxylic acid groups (broad SMARTS) is 1. The first-order valence-electron chi connectivity index (χ1n) is 4.46. The minimum absolute atomic E-state index is 0.298. The van der Waals surface area contributed by atoms with Gasteiger partial charge in [-0.05, 0) is 0 Å². The van der Waals surface area contributed by atoms with Crippen LogP contribution in [0.3, 0.4) is 0 Å². The van der Waals surface area contributed by atoms with Crippen LogP contribution in [0.5, 0.6) is 0 Å². The molecule has 0 radical (unpaired) electrons. The zero-order valence-corrected chi connectivity index (χ0v) is 8.63. The van der Waals surface area contributed by atoms with Crippen LogP contribution in [0.2, 0.25) is 0 Å². The lowest BCUT2D eigenvalue weighted by Crippen LogP contribution is -2.15. The van der Waals surface area contributed by atoms with Crippen LogP contribution >= 0.6 is 0 Å². The molecule has 1 aromatic rings. The van der Waals surface area contributed by atoms with E-state index in [2.05, 4.69) is 0 Å². The van der Waals surface area contributed by atoms with Crippen molar-refractivity contribution in [1.82, 2.24) is 0 Å². The first-order valence-corrected chi connectivity index (χ1v) is 4.46. The molecule has 18 heavy (non-hydrogen) atoms. The largest absolute Gasteiger partial charge is 0.477 e. The second kappa shape index (κ2) is 5.18. The molecule has 0 saturated heterocycles. The fourth-order valence-electron chi connectivity index (χ4n) is 1.15. The Morgan fingerprint density at radius 1 is 1.33 bits per heavy atom. The van der Waals surface area contributed by atoms with Crippen molar-refractivity contribution < 1.29 is 27.9 Å². The summed E-state index contributed by atoms with van der Waals surface area (Å²) in [5.74, 6) is -8.09. The lowest BCUT2D eigenvalue weighted by Gasteiger charge is -2.08. The third kappa shape index (κ3) is 2.57. The predicted octanol–water partition coefficient (Wildman–Crippen LogP) is 1.65. The Hall–Kier alpha value is -2.56. The van der Waals surface area contributed by atoms with E-state index in [9.17, 15) is 22.8 Å². The zero-order chi connectivity index (χ0) is 13.9. The fourth-order valence-corrected chi connectivity index (χ4v) is 1.15. The van der Waals surface area contributed by atoms with E-state index in [1.807, 2.05) is 0 Å². The van der Waals surface area contributed by atoms with Gasteiger partial charge in [0.15, 0.2) is 17.5 Å². The average Bonchev–Trinajstić information content (AvgIpc) is 2.26. The molecule has 0 aliphatic rings. The highest BCUT2D eigenvalue weighted by molar-refractivity contribution is 5.95. The number of carbonyl (C=O) groups excluding carboxylic acids is 1. The Morgan fingerprint density at radius 3 is 2.44 bits per heavy atom. The number of nitriles is 1. The normalized spacial score (nSPS) is 9.67. The summed E-state index contributed by atoms with van der Waals surface area (Å²) >= 11 is 0. The number of anilines is 1. The molecule has 0 spiro atoms. The van der Waals surface area contributed by atoms with Crippen LogP contribution < -0.4 is 5.32 Å². The minimum atomic E-state index is -2.01. The molecule has 5 nitrogen and oxygen atoms in total. The molecule has 0 aliphatic heterocycles. The van der Waals surface area contributed by atoms with Crippen molar-refractivity contribution in [3.8, 4) is 6.07 Å². The number of nitrogens with zero attached hydrogens (tertiary/aromatic N) is 1. The van der Waals surface area contributed by atoms with E-state index in [4.69, 9.17) is 10.4 Å². The van der Waals surface area contributed by atoms with Gasteiger partial charge in [-0.15, -0.1) is 0 Å². The monoisotopic (exact) mass is 258 g/mol. The molecule has 1 rings (SSSR count). The fraction of sp³-hybridized carbons (Fsp3) is 0.100. The quantitative estimate of drug-likeness (QED) is 0.806. The molecule has 8 heteroatoms. The van der Waals surface area contributed by atoms with Crippen LogP contribution in [0.15, 0.2) is 6.07 Å². The number of carboxylic acids is 1. The zero-order valence-electron chi connectivity index (χ0n) is 8.63. The third-order valence-corrected chi connectivity index (χ3v) is 1.88. The van der Waals surface area contributed by atoms with Crippen LogP contribution in [-0.2, 0) is 4.79 Å². The molecule has 0 heterocycles. The number of halogens is 3. The number of amides is 1. The summed E-state index contributed by atoms with van der Waals surface area (Å²) < 4.78 is 39.5. The Morgan fingerprint density at radius 2 is 1.94 bits per heavy atom. The number of hydrogen-bond acceptors (Lipinski definition) is 3. The topological polar surface area (TPSA) is 90.2 Å². The van der Waals surface area contributed by atoms with Crippen LogP contribution in [0, 0.1) is 28.8 Å². The smallest absolute Gasteiger partial charge is 0.341 e. The van der Waals surface area contributed by atoms with Crippen molar-refractivity contribution in [3.63, 3.8) is 0 Å². The molecule has 0 bridgehead atoms. The molecule has 0 aromatic heterocycles. The van der Waals surface area contributed by atoms with Crippen LogP contribution in [0.4, 0.5) is 18.9 Å². The number of rotatable bonds is 3. The van der Waals surface area contributed by atoms with Crippen molar-refractivity contribution in [2.24, 2.45) is 0 Å². The van der Waals surface area contributed by atoms with Gasteiger partial charge in [-0.3, -0.25) is 4.79 Å².